The summed E-state index contributed by atoms with van der Waals surface area (Å²) >= 11 is 0. The van der Waals surface area contributed by atoms with E-state index in [2.05, 4.69) is 44.7 Å². The maximum atomic E-state index is 13.3. The molecule has 166 valence electrons. The molecule has 5 nitrogen and oxygen atoms in total. The monoisotopic (exact) mass is 414 g/mol. The van der Waals surface area contributed by atoms with Crippen LogP contribution in [0.15, 0.2) is 41.5 Å². The van der Waals surface area contributed by atoms with Crippen LogP contribution in [0.3, 0.4) is 0 Å². The molecule has 0 spiro atoms. The van der Waals surface area contributed by atoms with Crippen LogP contribution >= 0.6 is 0 Å². The van der Waals surface area contributed by atoms with E-state index in [1.165, 1.54) is 11.1 Å². The second-order valence-electron chi connectivity index (χ2n) is 8.25. The summed E-state index contributed by atoms with van der Waals surface area (Å²) in [6.07, 6.45) is 8.35. The molecular formula is C25H38N2O3. The summed E-state index contributed by atoms with van der Waals surface area (Å²) in [6, 6.07) is 4.94. The molecule has 1 fully saturated rings. The minimum Gasteiger partial charge on any atom is -0.493 e. The third-order valence-corrected chi connectivity index (χ3v) is 5.75. The predicted molar refractivity (Wildman–Crippen MR) is 123 cm³/mol. The Balaban J connectivity index is 2.14. The predicted octanol–water partition coefficient (Wildman–Crippen LogP) is 4.76. The van der Waals surface area contributed by atoms with E-state index in [9.17, 15) is 4.79 Å². The summed E-state index contributed by atoms with van der Waals surface area (Å²) in [5, 5.41) is 0. The molecule has 2 rings (SSSR count). The summed E-state index contributed by atoms with van der Waals surface area (Å²) in [7, 11) is 1.59. The van der Waals surface area contributed by atoms with Crippen molar-refractivity contribution in [1.29, 1.82) is 0 Å². The number of likely N-dealkylation sites (tertiary alicyclic amines) is 1. The van der Waals surface area contributed by atoms with Gasteiger partial charge < -0.3 is 15.2 Å². The lowest BCUT2D eigenvalue weighted by atomic mass is 9.96. The van der Waals surface area contributed by atoms with E-state index in [1.54, 1.807) is 13.2 Å². The number of carbonyl (C=O) groups excluding carboxylic acids is 1. The molecule has 0 aromatic heterocycles. The summed E-state index contributed by atoms with van der Waals surface area (Å²) in [6.45, 7) is 10.7. The van der Waals surface area contributed by atoms with Gasteiger partial charge in [0.1, 0.15) is 6.61 Å². The lowest BCUT2D eigenvalue weighted by Crippen LogP contribution is -2.48. The van der Waals surface area contributed by atoms with Crippen LogP contribution in [0.4, 0.5) is 0 Å². The Labute approximate surface area is 181 Å². The molecule has 1 heterocycles. The molecule has 5 heteroatoms. The first-order valence-electron chi connectivity index (χ1n) is 11.0. The Kier molecular flexibility index (Phi) is 9.60. The highest BCUT2D eigenvalue weighted by atomic mass is 16.5. The second-order valence-corrected chi connectivity index (χ2v) is 8.25. The van der Waals surface area contributed by atoms with E-state index in [-0.39, 0.29) is 11.8 Å². The number of carbonyl (C=O) groups is 1. The van der Waals surface area contributed by atoms with Gasteiger partial charge in [-0.25, -0.2) is 0 Å². The van der Waals surface area contributed by atoms with Crippen LogP contribution in [0.25, 0.3) is 0 Å². The van der Waals surface area contributed by atoms with Crippen molar-refractivity contribution in [2.75, 3.05) is 26.8 Å². The van der Waals surface area contributed by atoms with Crippen molar-refractivity contribution in [1.82, 2.24) is 4.90 Å². The number of likely N-dealkylation sites (N-methyl/N-ethyl adjacent to an activating group) is 1. The highest BCUT2D eigenvalue weighted by Gasteiger charge is 2.34. The molecular weight excluding hydrogens is 376 g/mol. The SMILES string of the molecule is CCN1CCCC1C(N)C(=O)c1cccc(OC)c1OC/C=C(\C)CCC=C(C)C. The summed E-state index contributed by atoms with van der Waals surface area (Å²) < 4.78 is 11.5. The highest BCUT2D eigenvalue weighted by Crippen LogP contribution is 2.33. The van der Waals surface area contributed by atoms with E-state index in [0.717, 1.165) is 38.8 Å². The summed E-state index contributed by atoms with van der Waals surface area (Å²) in [4.78, 5) is 15.6. The number of rotatable bonds is 11. The van der Waals surface area contributed by atoms with Crippen LogP contribution in [0.2, 0.25) is 0 Å². The fourth-order valence-electron chi connectivity index (χ4n) is 3.98. The standard InChI is InChI=1S/C25H38N2O3/c1-6-27-16-9-13-21(27)23(26)24(28)20-12-8-14-22(29-5)25(20)30-17-15-19(4)11-7-10-18(2)3/h8,10,12,14-15,21,23H,6-7,9,11,13,16-17,26H2,1-5H3/b19-15+. The van der Waals surface area contributed by atoms with Crippen molar-refractivity contribution >= 4 is 5.78 Å². The first-order chi connectivity index (χ1) is 14.4. The summed E-state index contributed by atoms with van der Waals surface area (Å²) in [5.41, 5.74) is 9.52. The molecule has 0 aliphatic carbocycles. The average Bonchev–Trinajstić information content (AvgIpc) is 3.21. The van der Waals surface area contributed by atoms with Crippen molar-refractivity contribution in [2.45, 2.75) is 65.5 Å². The molecule has 0 amide bonds. The van der Waals surface area contributed by atoms with Crippen molar-refractivity contribution in [3.05, 3.63) is 47.1 Å². The molecule has 30 heavy (non-hydrogen) atoms. The van der Waals surface area contributed by atoms with Crippen LogP contribution in [-0.4, -0.2) is 49.6 Å². The number of nitrogens with two attached hydrogens (primary N) is 1. The van der Waals surface area contributed by atoms with Crippen molar-refractivity contribution < 1.29 is 14.3 Å². The fraction of sp³-hybridized carbons (Fsp3) is 0.560. The Morgan fingerprint density at radius 1 is 1.30 bits per heavy atom. The Hall–Kier alpha value is -2.11. The van der Waals surface area contributed by atoms with E-state index in [0.29, 0.717) is 23.7 Å². The molecule has 1 aromatic rings. The van der Waals surface area contributed by atoms with Gasteiger partial charge in [0, 0.05) is 6.04 Å². The summed E-state index contributed by atoms with van der Waals surface area (Å²) in [5.74, 6) is 0.954. The smallest absolute Gasteiger partial charge is 0.184 e. The van der Waals surface area contributed by atoms with Gasteiger partial charge in [-0.3, -0.25) is 9.69 Å². The first-order valence-corrected chi connectivity index (χ1v) is 11.0. The zero-order valence-electron chi connectivity index (χ0n) is 19.2. The molecule has 0 saturated carbocycles. The van der Waals surface area contributed by atoms with Gasteiger partial charge in [-0.05, 0) is 77.8 Å². The number of hydrogen-bond donors (Lipinski definition) is 1. The van der Waals surface area contributed by atoms with Gasteiger partial charge >= 0.3 is 0 Å². The molecule has 1 aliphatic heterocycles. The van der Waals surface area contributed by atoms with Gasteiger partial charge in [0.2, 0.25) is 0 Å². The number of allylic oxidation sites excluding steroid dienone is 3. The largest absolute Gasteiger partial charge is 0.493 e. The van der Waals surface area contributed by atoms with E-state index in [4.69, 9.17) is 15.2 Å². The van der Waals surface area contributed by atoms with E-state index >= 15 is 0 Å². The molecule has 2 N–H and O–H groups in total. The maximum Gasteiger partial charge on any atom is 0.184 e. The van der Waals surface area contributed by atoms with Gasteiger partial charge in [-0.2, -0.15) is 0 Å². The van der Waals surface area contributed by atoms with Crippen LogP contribution in [0.5, 0.6) is 11.5 Å². The molecule has 2 unspecified atom stereocenters. The zero-order chi connectivity index (χ0) is 22.1. The fourth-order valence-corrected chi connectivity index (χ4v) is 3.98. The van der Waals surface area contributed by atoms with E-state index < -0.39 is 6.04 Å². The molecule has 0 radical (unpaired) electrons. The Bertz CT molecular complexity index is 766. The number of hydrogen-bond acceptors (Lipinski definition) is 5. The van der Waals surface area contributed by atoms with Crippen LogP contribution in [0, 0.1) is 0 Å². The number of Topliss-reactive ketones (excluding diaryl/α,β-unsaturated/α-hetero) is 1. The van der Waals surface area contributed by atoms with Gasteiger partial charge in [0.15, 0.2) is 17.3 Å². The average molecular weight is 415 g/mol. The molecule has 1 aliphatic rings. The van der Waals surface area contributed by atoms with Crippen molar-refractivity contribution in [2.24, 2.45) is 5.73 Å². The first kappa shape index (κ1) is 24.2. The molecule has 0 bridgehead atoms. The molecule has 1 aromatic carbocycles. The van der Waals surface area contributed by atoms with Gasteiger partial charge in [0.05, 0.1) is 18.7 Å². The Morgan fingerprint density at radius 2 is 2.07 bits per heavy atom. The van der Waals surface area contributed by atoms with Crippen LogP contribution < -0.4 is 15.2 Å². The lowest BCUT2D eigenvalue weighted by molar-refractivity contribution is 0.0903. The zero-order valence-corrected chi connectivity index (χ0v) is 19.2. The third kappa shape index (κ3) is 6.44. The Morgan fingerprint density at radius 3 is 2.73 bits per heavy atom. The van der Waals surface area contributed by atoms with Gasteiger partial charge in [-0.15, -0.1) is 0 Å². The number of methoxy groups -OCH3 is 1. The van der Waals surface area contributed by atoms with Gasteiger partial charge in [-0.1, -0.05) is 30.2 Å². The van der Waals surface area contributed by atoms with Crippen LogP contribution in [-0.2, 0) is 0 Å². The normalized spacial score (nSPS) is 18.2. The van der Waals surface area contributed by atoms with Gasteiger partial charge in [0.25, 0.3) is 0 Å². The van der Waals surface area contributed by atoms with E-state index in [1.807, 2.05) is 12.1 Å². The highest BCUT2D eigenvalue weighted by molar-refractivity contribution is 6.03. The third-order valence-electron chi connectivity index (χ3n) is 5.75. The minimum atomic E-state index is -0.566. The quantitative estimate of drug-likeness (QED) is 0.418. The number of ketones is 1. The lowest BCUT2D eigenvalue weighted by Gasteiger charge is -2.28. The number of benzene rings is 1. The topological polar surface area (TPSA) is 64.8 Å². The number of nitrogens with zero attached hydrogens (tertiary/aromatic N) is 1. The second kappa shape index (κ2) is 11.9. The molecule has 1 saturated heterocycles. The van der Waals surface area contributed by atoms with Crippen molar-refractivity contribution in [3.63, 3.8) is 0 Å². The van der Waals surface area contributed by atoms with Crippen molar-refractivity contribution in [3.8, 4) is 11.5 Å². The maximum absolute atomic E-state index is 13.3. The van der Waals surface area contributed by atoms with Crippen LogP contribution in [0.1, 0.15) is 63.7 Å². The number of ether oxygens (including phenoxy) is 2. The number of para-hydroxylation sites is 1. The minimum absolute atomic E-state index is 0.0822. The molecule has 2 atom stereocenters.